The zero-order valence-corrected chi connectivity index (χ0v) is 13.6. The van der Waals surface area contributed by atoms with Crippen LogP contribution in [0.15, 0.2) is 24.3 Å². The van der Waals surface area contributed by atoms with Gasteiger partial charge < -0.3 is 4.90 Å². The molecule has 1 aliphatic rings. The molecule has 1 amide bonds. The number of piperazine rings is 1. The first-order valence-electron chi connectivity index (χ1n) is 8.09. The number of rotatable bonds is 6. The van der Waals surface area contributed by atoms with Crippen LogP contribution in [0.4, 0.5) is 4.39 Å². The van der Waals surface area contributed by atoms with Crippen LogP contribution in [0.1, 0.15) is 19.4 Å². The Labute approximate surface area is 132 Å². The summed E-state index contributed by atoms with van der Waals surface area (Å²) in [6.45, 7) is 10.7. The van der Waals surface area contributed by atoms with Gasteiger partial charge in [-0.05, 0) is 31.5 Å². The maximum absolute atomic E-state index is 12.9. The fourth-order valence-electron chi connectivity index (χ4n) is 2.82. The zero-order valence-electron chi connectivity index (χ0n) is 13.6. The summed E-state index contributed by atoms with van der Waals surface area (Å²) in [5.41, 5.74) is 1.13. The number of nitrogens with zero attached hydrogens (tertiary/aromatic N) is 3. The van der Waals surface area contributed by atoms with Crippen molar-refractivity contribution in [1.29, 1.82) is 0 Å². The molecule has 0 aliphatic carbocycles. The second-order valence-corrected chi connectivity index (χ2v) is 5.74. The summed E-state index contributed by atoms with van der Waals surface area (Å²) < 4.78 is 12.9. The number of carbonyl (C=O) groups is 1. The lowest BCUT2D eigenvalue weighted by molar-refractivity contribution is -0.132. The summed E-state index contributed by atoms with van der Waals surface area (Å²) in [4.78, 5) is 18.6. The van der Waals surface area contributed by atoms with Gasteiger partial charge in [-0.3, -0.25) is 14.6 Å². The first kappa shape index (κ1) is 16.9. The molecule has 0 saturated carbocycles. The van der Waals surface area contributed by atoms with Gasteiger partial charge in [0.15, 0.2) is 0 Å². The minimum Gasteiger partial charge on any atom is -0.342 e. The molecule has 0 unspecified atom stereocenters. The van der Waals surface area contributed by atoms with Crippen LogP contribution in [0.5, 0.6) is 0 Å². The predicted octanol–water partition coefficient (Wildman–Crippen LogP) is 1.81. The molecule has 1 aliphatic heterocycles. The Morgan fingerprint density at radius 2 is 1.59 bits per heavy atom. The van der Waals surface area contributed by atoms with Gasteiger partial charge in [-0.15, -0.1) is 0 Å². The fraction of sp³-hybridized carbons (Fsp3) is 0.588. The van der Waals surface area contributed by atoms with Gasteiger partial charge in [0, 0.05) is 45.8 Å². The number of benzene rings is 1. The Morgan fingerprint density at radius 1 is 1.05 bits per heavy atom. The predicted molar refractivity (Wildman–Crippen MR) is 86.0 cm³/mol. The van der Waals surface area contributed by atoms with E-state index in [0.29, 0.717) is 6.54 Å². The topological polar surface area (TPSA) is 26.8 Å². The Hall–Kier alpha value is -1.46. The second kappa shape index (κ2) is 8.25. The standard InChI is InChI=1S/C17H26FN3O/c1-3-21(4-2)17(22)14-20-11-9-19(10-12-20)13-15-5-7-16(18)8-6-15/h5-8H,3-4,9-14H2,1-2H3. The highest BCUT2D eigenvalue weighted by Crippen LogP contribution is 2.10. The van der Waals surface area contributed by atoms with E-state index in [1.54, 1.807) is 0 Å². The lowest BCUT2D eigenvalue weighted by atomic mass is 10.2. The van der Waals surface area contributed by atoms with Crippen molar-refractivity contribution in [2.75, 3.05) is 45.8 Å². The first-order valence-corrected chi connectivity index (χ1v) is 8.09. The molecule has 1 aromatic carbocycles. The summed E-state index contributed by atoms with van der Waals surface area (Å²) >= 11 is 0. The van der Waals surface area contributed by atoms with Crippen LogP contribution in [0, 0.1) is 5.82 Å². The van der Waals surface area contributed by atoms with Crippen molar-refractivity contribution in [2.24, 2.45) is 0 Å². The van der Waals surface area contributed by atoms with Gasteiger partial charge in [-0.2, -0.15) is 0 Å². The van der Waals surface area contributed by atoms with Gasteiger partial charge in [-0.25, -0.2) is 4.39 Å². The third-order valence-corrected chi connectivity index (χ3v) is 4.26. The van der Waals surface area contributed by atoms with E-state index in [9.17, 15) is 9.18 Å². The van der Waals surface area contributed by atoms with Crippen molar-refractivity contribution in [1.82, 2.24) is 14.7 Å². The van der Waals surface area contributed by atoms with Gasteiger partial charge in [0.2, 0.25) is 5.91 Å². The van der Waals surface area contributed by atoms with E-state index in [2.05, 4.69) is 9.80 Å². The SMILES string of the molecule is CCN(CC)C(=O)CN1CCN(Cc2ccc(F)cc2)CC1. The van der Waals surface area contributed by atoms with Gasteiger partial charge in [0.05, 0.1) is 6.54 Å². The number of hydrogen-bond donors (Lipinski definition) is 0. The van der Waals surface area contributed by atoms with E-state index in [1.165, 1.54) is 12.1 Å². The molecule has 0 radical (unpaired) electrons. The van der Waals surface area contributed by atoms with E-state index < -0.39 is 0 Å². The second-order valence-electron chi connectivity index (χ2n) is 5.74. The van der Waals surface area contributed by atoms with Gasteiger partial charge in [0.1, 0.15) is 5.82 Å². The molecular formula is C17H26FN3O. The van der Waals surface area contributed by atoms with E-state index in [0.717, 1.165) is 51.4 Å². The average Bonchev–Trinajstić information content (AvgIpc) is 2.53. The van der Waals surface area contributed by atoms with E-state index in [-0.39, 0.29) is 11.7 Å². The molecule has 2 rings (SSSR count). The first-order chi connectivity index (χ1) is 10.6. The van der Waals surface area contributed by atoms with E-state index in [4.69, 9.17) is 0 Å². The monoisotopic (exact) mass is 307 g/mol. The normalized spacial score (nSPS) is 16.7. The minimum atomic E-state index is -0.191. The van der Waals surface area contributed by atoms with Crippen LogP contribution in [-0.2, 0) is 11.3 Å². The molecule has 1 fully saturated rings. The highest BCUT2D eigenvalue weighted by atomic mass is 19.1. The quantitative estimate of drug-likeness (QED) is 0.802. The molecular weight excluding hydrogens is 281 g/mol. The van der Waals surface area contributed by atoms with Crippen LogP contribution >= 0.6 is 0 Å². The summed E-state index contributed by atoms with van der Waals surface area (Å²) in [5.74, 6) is 0.0282. The average molecular weight is 307 g/mol. The number of hydrogen-bond acceptors (Lipinski definition) is 3. The molecule has 0 atom stereocenters. The van der Waals surface area contributed by atoms with Crippen molar-refractivity contribution in [3.63, 3.8) is 0 Å². The van der Waals surface area contributed by atoms with E-state index >= 15 is 0 Å². The van der Waals surface area contributed by atoms with Crippen LogP contribution < -0.4 is 0 Å². The minimum absolute atomic E-state index is 0.191. The van der Waals surface area contributed by atoms with Crippen molar-refractivity contribution in [2.45, 2.75) is 20.4 Å². The van der Waals surface area contributed by atoms with Crippen LogP contribution in [0.3, 0.4) is 0 Å². The highest BCUT2D eigenvalue weighted by molar-refractivity contribution is 5.78. The van der Waals surface area contributed by atoms with Crippen LogP contribution in [-0.4, -0.2) is 66.4 Å². The molecule has 5 heteroatoms. The molecule has 1 heterocycles. The van der Waals surface area contributed by atoms with E-state index in [1.807, 2.05) is 30.9 Å². The Kier molecular flexibility index (Phi) is 6.34. The number of carbonyl (C=O) groups excluding carboxylic acids is 1. The largest absolute Gasteiger partial charge is 0.342 e. The van der Waals surface area contributed by atoms with Crippen molar-refractivity contribution < 1.29 is 9.18 Å². The summed E-state index contributed by atoms with van der Waals surface area (Å²) in [6.07, 6.45) is 0. The number of likely N-dealkylation sites (N-methyl/N-ethyl adjacent to an activating group) is 1. The highest BCUT2D eigenvalue weighted by Gasteiger charge is 2.20. The molecule has 122 valence electrons. The molecule has 1 aromatic rings. The maximum atomic E-state index is 12.9. The van der Waals surface area contributed by atoms with Crippen molar-refractivity contribution >= 4 is 5.91 Å². The molecule has 0 bridgehead atoms. The molecule has 0 spiro atoms. The van der Waals surface area contributed by atoms with Gasteiger partial charge in [-0.1, -0.05) is 12.1 Å². The van der Waals surface area contributed by atoms with Crippen molar-refractivity contribution in [3.8, 4) is 0 Å². The Bertz CT molecular complexity index is 465. The Morgan fingerprint density at radius 3 is 2.14 bits per heavy atom. The summed E-state index contributed by atoms with van der Waals surface area (Å²) in [7, 11) is 0. The van der Waals surface area contributed by atoms with Crippen LogP contribution in [0.2, 0.25) is 0 Å². The Balaban J connectivity index is 1.75. The number of halogens is 1. The molecule has 1 saturated heterocycles. The van der Waals surface area contributed by atoms with Gasteiger partial charge in [0.25, 0.3) is 0 Å². The molecule has 22 heavy (non-hydrogen) atoms. The molecule has 0 N–H and O–H groups in total. The maximum Gasteiger partial charge on any atom is 0.236 e. The zero-order chi connectivity index (χ0) is 15.9. The third kappa shape index (κ3) is 4.78. The van der Waals surface area contributed by atoms with Gasteiger partial charge >= 0.3 is 0 Å². The fourth-order valence-corrected chi connectivity index (χ4v) is 2.82. The van der Waals surface area contributed by atoms with Crippen LogP contribution in [0.25, 0.3) is 0 Å². The third-order valence-electron chi connectivity index (χ3n) is 4.26. The number of amides is 1. The lowest BCUT2D eigenvalue weighted by Crippen LogP contribution is -2.49. The smallest absolute Gasteiger partial charge is 0.236 e. The van der Waals surface area contributed by atoms with Crippen molar-refractivity contribution in [3.05, 3.63) is 35.6 Å². The lowest BCUT2D eigenvalue weighted by Gasteiger charge is -2.35. The summed E-state index contributed by atoms with van der Waals surface area (Å²) in [5, 5.41) is 0. The summed E-state index contributed by atoms with van der Waals surface area (Å²) in [6, 6.07) is 6.69. The molecule has 0 aromatic heterocycles. The molecule has 4 nitrogen and oxygen atoms in total.